The van der Waals surface area contributed by atoms with E-state index in [1.807, 2.05) is 13.1 Å². The summed E-state index contributed by atoms with van der Waals surface area (Å²) in [7, 11) is 1.85. The number of fused-ring (bicyclic) bond motifs is 1. The molecular formula is C12H16N2O4. The van der Waals surface area contributed by atoms with E-state index >= 15 is 0 Å². The van der Waals surface area contributed by atoms with E-state index in [-0.39, 0.29) is 25.7 Å². The Morgan fingerprint density at radius 3 is 2.83 bits per heavy atom. The molecule has 1 aromatic carbocycles. The van der Waals surface area contributed by atoms with Gasteiger partial charge in [-0.15, -0.1) is 0 Å². The van der Waals surface area contributed by atoms with E-state index in [1.54, 1.807) is 6.07 Å². The van der Waals surface area contributed by atoms with E-state index in [0.717, 1.165) is 5.56 Å². The lowest BCUT2D eigenvalue weighted by Crippen LogP contribution is -2.15. The lowest BCUT2D eigenvalue weighted by atomic mass is 10.1. The van der Waals surface area contributed by atoms with Gasteiger partial charge in [-0.2, -0.15) is 0 Å². The van der Waals surface area contributed by atoms with Crippen LogP contribution in [0.25, 0.3) is 0 Å². The normalized spacial score (nSPS) is 12.5. The molecule has 18 heavy (non-hydrogen) atoms. The molecule has 0 aliphatic carbocycles. The van der Waals surface area contributed by atoms with Crippen molar-refractivity contribution in [1.29, 1.82) is 0 Å². The van der Waals surface area contributed by atoms with Crippen LogP contribution in [0, 0.1) is 0 Å². The second kappa shape index (κ2) is 5.59. The molecule has 3 N–H and O–H groups in total. The van der Waals surface area contributed by atoms with Crippen LogP contribution < -0.4 is 25.3 Å². The summed E-state index contributed by atoms with van der Waals surface area (Å²) in [5, 5.41) is 3.05. The minimum atomic E-state index is -0.383. The maximum Gasteiger partial charge on any atom is 0.231 e. The van der Waals surface area contributed by atoms with Crippen LogP contribution in [0.3, 0.4) is 0 Å². The first kappa shape index (κ1) is 12.5. The van der Waals surface area contributed by atoms with Crippen molar-refractivity contribution in [1.82, 2.24) is 5.32 Å². The lowest BCUT2D eigenvalue weighted by molar-refractivity contribution is -0.118. The maximum atomic E-state index is 10.7. The van der Waals surface area contributed by atoms with Gasteiger partial charge in [0.1, 0.15) is 5.75 Å². The number of ether oxygens (including phenoxy) is 3. The van der Waals surface area contributed by atoms with Crippen molar-refractivity contribution in [3.8, 4) is 17.2 Å². The van der Waals surface area contributed by atoms with Gasteiger partial charge in [0.05, 0.1) is 13.0 Å². The van der Waals surface area contributed by atoms with E-state index in [0.29, 0.717) is 23.8 Å². The first-order valence-electron chi connectivity index (χ1n) is 5.69. The summed E-state index contributed by atoms with van der Waals surface area (Å²) in [4.78, 5) is 10.7. The number of hydrogen-bond donors (Lipinski definition) is 2. The number of nitrogens with two attached hydrogens (primary N) is 1. The van der Waals surface area contributed by atoms with E-state index < -0.39 is 0 Å². The third-order valence-corrected chi connectivity index (χ3v) is 2.53. The number of amides is 1. The number of hydrogen-bond acceptors (Lipinski definition) is 5. The molecule has 0 saturated carbocycles. The zero-order valence-corrected chi connectivity index (χ0v) is 10.2. The standard InChI is InChI=1S/C12H16N2O4/c1-14-6-8-4-10-11(18-7-17-10)5-9(8)16-3-2-12(13)15/h4-5,14H,2-3,6-7H2,1H3,(H2,13,15). The Hall–Kier alpha value is -1.95. The van der Waals surface area contributed by atoms with E-state index in [1.165, 1.54) is 0 Å². The average molecular weight is 252 g/mol. The van der Waals surface area contributed by atoms with Crippen molar-refractivity contribution in [2.75, 3.05) is 20.4 Å². The molecule has 1 amide bonds. The molecule has 1 aliphatic rings. The summed E-state index contributed by atoms with van der Waals surface area (Å²) in [6.45, 7) is 1.12. The minimum Gasteiger partial charge on any atom is -0.493 e. The van der Waals surface area contributed by atoms with Gasteiger partial charge >= 0.3 is 0 Å². The van der Waals surface area contributed by atoms with Gasteiger partial charge in [-0.3, -0.25) is 4.79 Å². The van der Waals surface area contributed by atoms with Crippen molar-refractivity contribution in [2.45, 2.75) is 13.0 Å². The van der Waals surface area contributed by atoms with Gasteiger partial charge in [-0.05, 0) is 13.1 Å². The van der Waals surface area contributed by atoms with Gasteiger partial charge in [-0.25, -0.2) is 0 Å². The van der Waals surface area contributed by atoms with Crippen LogP contribution in [0.1, 0.15) is 12.0 Å². The molecule has 6 nitrogen and oxygen atoms in total. The third kappa shape index (κ3) is 2.84. The molecule has 0 fully saturated rings. The van der Waals surface area contributed by atoms with Crippen LogP contribution in [-0.2, 0) is 11.3 Å². The SMILES string of the molecule is CNCc1cc2c(cc1OCCC(N)=O)OCO2. The molecule has 0 atom stereocenters. The molecule has 0 bridgehead atoms. The Kier molecular flexibility index (Phi) is 3.88. The molecular weight excluding hydrogens is 236 g/mol. The van der Waals surface area contributed by atoms with Gasteiger partial charge in [-0.1, -0.05) is 0 Å². The van der Waals surface area contributed by atoms with Crippen molar-refractivity contribution < 1.29 is 19.0 Å². The van der Waals surface area contributed by atoms with Crippen LogP contribution >= 0.6 is 0 Å². The van der Waals surface area contributed by atoms with Crippen molar-refractivity contribution in [2.24, 2.45) is 5.73 Å². The van der Waals surface area contributed by atoms with E-state index in [4.69, 9.17) is 19.9 Å². The summed E-state index contributed by atoms with van der Waals surface area (Å²) < 4.78 is 16.1. The van der Waals surface area contributed by atoms with E-state index in [2.05, 4.69) is 5.32 Å². The molecule has 0 saturated heterocycles. The number of carbonyl (C=O) groups excluding carboxylic acids is 1. The van der Waals surface area contributed by atoms with Crippen LogP contribution in [-0.4, -0.2) is 26.4 Å². The molecule has 98 valence electrons. The van der Waals surface area contributed by atoms with Crippen LogP contribution in [0.15, 0.2) is 12.1 Å². The fourth-order valence-corrected chi connectivity index (χ4v) is 1.69. The van der Waals surface area contributed by atoms with Gasteiger partial charge in [0.25, 0.3) is 0 Å². The molecule has 0 spiro atoms. The average Bonchev–Trinajstić information content (AvgIpc) is 2.76. The Bertz CT molecular complexity index is 448. The fraction of sp³-hybridized carbons (Fsp3) is 0.417. The Morgan fingerprint density at radius 1 is 1.44 bits per heavy atom. The Labute approximate surface area is 105 Å². The van der Waals surface area contributed by atoms with Crippen LogP contribution in [0.4, 0.5) is 0 Å². The van der Waals surface area contributed by atoms with E-state index in [9.17, 15) is 4.79 Å². The molecule has 0 radical (unpaired) electrons. The Morgan fingerprint density at radius 2 is 2.17 bits per heavy atom. The zero-order chi connectivity index (χ0) is 13.0. The number of carbonyl (C=O) groups is 1. The highest BCUT2D eigenvalue weighted by Gasteiger charge is 2.17. The molecule has 0 unspecified atom stereocenters. The summed E-state index contributed by atoms with van der Waals surface area (Å²) >= 11 is 0. The highest BCUT2D eigenvalue weighted by Crippen LogP contribution is 2.38. The van der Waals surface area contributed by atoms with Gasteiger partial charge in [0.15, 0.2) is 11.5 Å². The minimum absolute atomic E-state index is 0.188. The summed E-state index contributed by atoms with van der Waals surface area (Å²) in [6, 6.07) is 3.65. The highest BCUT2D eigenvalue weighted by atomic mass is 16.7. The van der Waals surface area contributed by atoms with Crippen molar-refractivity contribution in [3.63, 3.8) is 0 Å². The second-order valence-electron chi connectivity index (χ2n) is 3.91. The fourth-order valence-electron chi connectivity index (χ4n) is 1.69. The highest BCUT2D eigenvalue weighted by molar-refractivity contribution is 5.73. The largest absolute Gasteiger partial charge is 0.493 e. The van der Waals surface area contributed by atoms with Crippen molar-refractivity contribution >= 4 is 5.91 Å². The first-order chi connectivity index (χ1) is 8.70. The monoisotopic (exact) mass is 252 g/mol. The molecule has 1 aliphatic heterocycles. The first-order valence-corrected chi connectivity index (χ1v) is 5.69. The predicted octanol–water partition coefficient (Wildman–Crippen LogP) is 0.389. The predicted molar refractivity (Wildman–Crippen MR) is 64.6 cm³/mol. The third-order valence-electron chi connectivity index (χ3n) is 2.53. The van der Waals surface area contributed by atoms with Gasteiger partial charge in [0.2, 0.25) is 12.7 Å². The molecule has 1 heterocycles. The number of rotatable bonds is 6. The molecule has 1 aromatic rings. The second-order valence-corrected chi connectivity index (χ2v) is 3.91. The van der Waals surface area contributed by atoms with Gasteiger partial charge in [0, 0.05) is 18.2 Å². The zero-order valence-electron chi connectivity index (χ0n) is 10.2. The quantitative estimate of drug-likeness (QED) is 0.765. The number of benzene rings is 1. The maximum absolute atomic E-state index is 10.7. The van der Waals surface area contributed by atoms with Crippen molar-refractivity contribution in [3.05, 3.63) is 17.7 Å². The van der Waals surface area contributed by atoms with Gasteiger partial charge < -0.3 is 25.3 Å². The number of nitrogens with one attached hydrogen (secondary N) is 1. The number of primary amides is 1. The molecule has 0 aromatic heterocycles. The molecule has 2 rings (SSSR count). The Balaban J connectivity index is 2.13. The topological polar surface area (TPSA) is 82.8 Å². The summed E-state index contributed by atoms with van der Waals surface area (Å²) in [6.07, 6.45) is 0.188. The lowest BCUT2D eigenvalue weighted by Gasteiger charge is -2.11. The van der Waals surface area contributed by atoms with Crippen LogP contribution in [0.2, 0.25) is 0 Å². The summed E-state index contributed by atoms with van der Waals surface area (Å²) in [5.41, 5.74) is 6.02. The summed E-state index contributed by atoms with van der Waals surface area (Å²) in [5.74, 6) is 1.66. The smallest absolute Gasteiger partial charge is 0.231 e. The molecule has 6 heteroatoms. The van der Waals surface area contributed by atoms with Crippen LogP contribution in [0.5, 0.6) is 17.2 Å².